The van der Waals surface area contributed by atoms with Crippen LogP contribution >= 0.6 is 7.53 Å². The van der Waals surface area contributed by atoms with Crippen LogP contribution in [0, 0.1) is 0 Å². The smallest absolute Gasteiger partial charge is 0.263 e. The SMILES string of the molecule is CC1(C)c2cccc3c2B2c4c(cccc4-n4c(=O)c5ccc(-c6ccc7c(c6)p6c8cccc9c%10ccccc%10c(=O)n(c%10ccc%11c%12ccccc%12c(=O)n7c%11c%10-6)c98)cc5c5ccc1c2c54)O3. The molecule has 8 heterocycles. The zero-order valence-electron chi connectivity index (χ0n) is 37.1. The molecule has 0 bridgehead atoms. The molecule has 9 aromatic carbocycles. The third-order valence-electron chi connectivity index (χ3n) is 16.4. The number of rotatable bonds is 1. The Balaban J connectivity index is 1.00. The molecule has 12 aromatic rings. The maximum Gasteiger partial charge on any atom is 0.263 e. The fraction of sp³-hybridized carbons (Fsp3) is 0.0500. The number of nitrogens with zero attached hydrogens (tertiary/aromatic N) is 3. The van der Waals surface area contributed by atoms with Gasteiger partial charge in [0.25, 0.3) is 23.4 Å². The first-order valence-corrected chi connectivity index (χ1v) is 24.8. The second-order valence-electron chi connectivity index (χ2n) is 19.8. The number of fused-ring (bicyclic) bond motifs is 12. The third kappa shape index (κ3) is 4.09. The van der Waals surface area contributed by atoms with E-state index in [1.54, 1.807) is 0 Å². The molecule has 320 valence electrons. The van der Waals surface area contributed by atoms with E-state index in [0.717, 1.165) is 109 Å². The lowest BCUT2D eigenvalue weighted by atomic mass is 9.29. The van der Waals surface area contributed by atoms with Gasteiger partial charge in [0, 0.05) is 59.0 Å². The van der Waals surface area contributed by atoms with Gasteiger partial charge in [-0.05, 0) is 122 Å². The second-order valence-corrected chi connectivity index (χ2v) is 21.9. The number of para-hydroxylation sites is 1. The summed E-state index contributed by atoms with van der Waals surface area (Å²) in [6, 6.07) is 56.2. The van der Waals surface area contributed by atoms with Crippen molar-refractivity contribution in [2.24, 2.45) is 0 Å². The summed E-state index contributed by atoms with van der Waals surface area (Å²) in [4.78, 5) is 45.1. The monoisotopic (exact) mass is 901 g/mol. The number of hydrogen-bond donors (Lipinski definition) is 0. The zero-order chi connectivity index (χ0) is 45.5. The van der Waals surface area contributed by atoms with E-state index < -0.39 is 7.53 Å². The van der Waals surface area contributed by atoms with Gasteiger partial charge >= 0.3 is 0 Å². The summed E-state index contributed by atoms with van der Waals surface area (Å²) in [5.74, 6) is 1.68. The Bertz CT molecular complexity index is 5000. The molecule has 9 heteroatoms. The number of pyridine rings is 3. The fourth-order valence-corrected chi connectivity index (χ4v) is 16.4. The summed E-state index contributed by atoms with van der Waals surface area (Å²) in [7, 11) is -1.28. The molecule has 5 aliphatic heterocycles. The van der Waals surface area contributed by atoms with Gasteiger partial charge in [-0.2, -0.15) is 0 Å². The Morgan fingerprint density at radius 3 is 1.83 bits per heavy atom. The van der Waals surface area contributed by atoms with Gasteiger partial charge in [0.1, 0.15) is 11.5 Å². The Labute approximate surface area is 392 Å². The minimum atomic E-state index is -1.28. The van der Waals surface area contributed by atoms with Gasteiger partial charge < -0.3 is 4.74 Å². The highest BCUT2D eigenvalue weighted by atomic mass is 31.1. The molecule has 0 fully saturated rings. The van der Waals surface area contributed by atoms with E-state index in [9.17, 15) is 4.79 Å². The van der Waals surface area contributed by atoms with Crippen LogP contribution in [0.1, 0.15) is 25.0 Å². The van der Waals surface area contributed by atoms with E-state index in [2.05, 4.69) is 111 Å². The van der Waals surface area contributed by atoms with Crippen LogP contribution in [0.4, 0.5) is 0 Å². The van der Waals surface area contributed by atoms with Crippen LogP contribution in [0.15, 0.2) is 178 Å². The second kappa shape index (κ2) is 12.0. The minimum absolute atomic E-state index is 0.0544. The standard InChI is InChI=1S/C60H33BN3O4P/c1-60(2)41-15-8-17-46-50(41)61-51-42(60)25-23-36-40-28-30(20-22-39(40)59(67)63(54(36)51)44-16-9-18-47(68-46)52(44)61)31-21-26-43-49(29-31)69-48-19-7-14-34-32-10-3-5-12-37(32)58(66)64(53(34)48)45-27-24-35-33-11-4-6-13-38(33)57(65)62(43)55(35)56(45)69/h3-29H,1-2H3. The summed E-state index contributed by atoms with van der Waals surface area (Å²) in [5, 5.41) is 10.9. The molecule has 3 aromatic heterocycles. The third-order valence-corrected chi connectivity index (χ3v) is 18.9. The van der Waals surface area contributed by atoms with Crippen molar-refractivity contribution in [3.05, 3.63) is 206 Å². The molecule has 0 amide bonds. The molecule has 5 aliphatic rings. The van der Waals surface area contributed by atoms with Crippen molar-refractivity contribution in [1.82, 2.24) is 13.4 Å². The summed E-state index contributed by atoms with van der Waals surface area (Å²) in [5.41, 5.74) is 12.6. The maximum atomic E-state index is 15.2. The Morgan fingerprint density at radius 1 is 0.449 bits per heavy atom. The first-order valence-electron chi connectivity index (χ1n) is 23.5. The molecule has 7 nitrogen and oxygen atoms in total. The molecule has 0 aliphatic carbocycles. The molecule has 0 saturated heterocycles. The first-order chi connectivity index (χ1) is 33.8. The summed E-state index contributed by atoms with van der Waals surface area (Å²) >= 11 is 0. The Hall–Kier alpha value is -8.45. The highest BCUT2D eigenvalue weighted by molar-refractivity contribution is 7.68. The zero-order valence-corrected chi connectivity index (χ0v) is 38.0. The first kappa shape index (κ1) is 36.6. The van der Waals surface area contributed by atoms with Crippen LogP contribution in [0.2, 0.25) is 0 Å². The van der Waals surface area contributed by atoms with Crippen LogP contribution in [-0.4, -0.2) is 20.1 Å². The fourth-order valence-electron chi connectivity index (χ4n) is 13.5. The lowest BCUT2D eigenvalue weighted by Crippen LogP contribution is -2.65. The molecular weight excluding hydrogens is 868 g/mol. The van der Waals surface area contributed by atoms with Gasteiger partial charge in [-0.25, -0.2) is 0 Å². The lowest BCUT2D eigenvalue weighted by molar-refractivity contribution is 0.484. The normalized spacial score (nSPS) is 14.6. The van der Waals surface area contributed by atoms with Crippen molar-refractivity contribution < 1.29 is 4.74 Å². The average molecular weight is 902 g/mol. The van der Waals surface area contributed by atoms with E-state index in [1.807, 2.05) is 80.1 Å². The van der Waals surface area contributed by atoms with Gasteiger partial charge in [0.15, 0.2) is 0 Å². The molecular formula is C60H33BN3O4P. The van der Waals surface area contributed by atoms with Crippen molar-refractivity contribution in [2.45, 2.75) is 19.3 Å². The summed E-state index contributed by atoms with van der Waals surface area (Å²) in [6.45, 7) is 4.51. The summed E-state index contributed by atoms with van der Waals surface area (Å²) in [6.07, 6.45) is 0. The Kier molecular flexibility index (Phi) is 6.36. The van der Waals surface area contributed by atoms with Crippen LogP contribution in [0.5, 0.6) is 11.5 Å². The van der Waals surface area contributed by atoms with Crippen molar-refractivity contribution in [1.29, 1.82) is 0 Å². The molecule has 0 N–H and O–H groups in total. The summed E-state index contributed by atoms with van der Waals surface area (Å²) < 4.78 is 12.4. The lowest BCUT2D eigenvalue weighted by Gasteiger charge is -2.44. The highest BCUT2D eigenvalue weighted by Gasteiger charge is 2.49. The van der Waals surface area contributed by atoms with E-state index in [0.29, 0.717) is 16.2 Å². The topological polar surface area (TPSA) is 74.2 Å². The maximum absolute atomic E-state index is 15.2. The average Bonchev–Trinajstić information content (AvgIpc) is 3.38. The van der Waals surface area contributed by atoms with Gasteiger partial charge in [0.05, 0.1) is 27.6 Å². The Morgan fingerprint density at radius 2 is 1.03 bits per heavy atom. The number of benzene rings is 9. The molecule has 17 rings (SSSR count). The van der Waals surface area contributed by atoms with E-state index in [1.165, 1.54) is 22.1 Å². The van der Waals surface area contributed by atoms with Crippen molar-refractivity contribution in [3.8, 4) is 33.6 Å². The van der Waals surface area contributed by atoms with E-state index in [-0.39, 0.29) is 28.8 Å². The number of aromatic nitrogens is 3. The van der Waals surface area contributed by atoms with Crippen molar-refractivity contribution >= 4 is 117 Å². The molecule has 0 spiro atoms. The predicted octanol–water partition coefficient (Wildman–Crippen LogP) is 11.2. The predicted molar refractivity (Wildman–Crippen MR) is 284 cm³/mol. The van der Waals surface area contributed by atoms with Crippen LogP contribution in [0.3, 0.4) is 0 Å². The molecule has 1 unspecified atom stereocenters. The molecule has 0 saturated carbocycles. The molecule has 69 heavy (non-hydrogen) atoms. The van der Waals surface area contributed by atoms with Crippen molar-refractivity contribution in [2.75, 3.05) is 0 Å². The van der Waals surface area contributed by atoms with Gasteiger partial charge in [-0.15, -0.1) is 0 Å². The largest absolute Gasteiger partial charge is 0.458 e. The minimum Gasteiger partial charge on any atom is -0.458 e. The van der Waals surface area contributed by atoms with E-state index >= 15 is 9.59 Å². The molecule has 1 atom stereocenters. The van der Waals surface area contributed by atoms with Crippen molar-refractivity contribution in [3.63, 3.8) is 0 Å². The van der Waals surface area contributed by atoms with Crippen LogP contribution < -0.4 is 37.8 Å². The molecule has 0 radical (unpaired) electrons. The van der Waals surface area contributed by atoms with Crippen LogP contribution in [0.25, 0.3) is 108 Å². The van der Waals surface area contributed by atoms with E-state index in [4.69, 9.17) is 4.74 Å². The van der Waals surface area contributed by atoms with Gasteiger partial charge in [-0.3, -0.25) is 27.8 Å². The number of hydrogen-bond acceptors (Lipinski definition) is 4. The highest BCUT2D eigenvalue weighted by Crippen LogP contribution is 2.59. The van der Waals surface area contributed by atoms with Gasteiger partial charge in [0.2, 0.25) is 0 Å². The van der Waals surface area contributed by atoms with Crippen LogP contribution in [-0.2, 0) is 5.41 Å². The van der Waals surface area contributed by atoms with Gasteiger partial charge in [-0.1, -0.05) is 118 Å². The number of ether oxygens (including phenoxy) is 1. The quantitative estimate of drug-likeness (QED) is 0.0934.